The van der Waals surface area contributed by atoms with Gasteiger partial charge in [-0.25, -0.2) is 0 Å². The van der Waals surface area contributed by atoms with Crippen LogP contribution in [-0.4, -0.2) is 16.8 Å². The number of phenolic OH excluding ortho intramolecular Hbond substituents is 1. The van der Waals surface area contributed by atoms with Gasteiger partial charge in [-0.3, -0.25) is 4.79 Å². The second-order valence-electron chi connectivity index (χ2n) is 4.30. The van der Waals surface area contributed by atoms with Crippen molar-refractivity contribution in [2.24, 2.45) is 0 Å². The van der Waals surface area contributed by atoms with Gasteiger partial charge < -0.3 is 10.4 Å². The smallest absolute Gasteiger partial charge is 0.234 e. The lowest BCUT2D eigenvalue weighted by atomic mass is 10.2. The van der Waals surface area contributed by atoms with Crippen LogP contribution in [0.5, 0.6) is 5.75 Å². The van der Waals surface area contributed by atoms with Crippen LogP contribution in [0.4, 0.5) is 5.69 Å². The van der Waals surface area contributed by atoms with Crippen LogP contribution in [0.1, 0.15) is 5.56 Å². The Morgan fingerprint density at radius 3 is 2.80 bits per heavy atom. The van der Waals surface area contributed by atoms with E-state index in [-0.39, 0.29) is 11.7 Å². The van der Waals surface area contributed by atoms with Crippen LogP contribution in [0.25, 0.3) is 0 Å². The Hall–Kier alpha value is -1.46. The molecule has 0 aliphatic heterocycles. The third-order valence-corrected chi connectivity index (χ3v) is 4.51. The van der Waals surface area contributed by atoms with Crippen molar-refractivity contribution in [3.8, 4) is 5.75 Å². The van der Waals surface area contributed by atoms with Gasteiger partial charge in [-0.1, -0.05) is 22.0 Å². The number of anilines is 1. The van der Waals surface area contributed by atoms with Crippen LogP contribution >= 0.6 is 27.7 Å². The van der Waals surface area contributed by atoms with Crippen molar-refractivity contribution < 1.29 is 9.90 Å². The fraction of sp³-hybridized carbons (Fsp3) is 0.133. The summed E-state index contributed by atoms with van der Waals surface area (Å²) in [5.74, 6) is 0.442. The summed E-state index contributed by atoms with van der Waals surface area (Å²) in [6.45, 7) is 1.97. The standard InChI is InChI=1S/C15H14BrNO2S/c1-10-7-11(5-6-14(10)16)17-15(19)9-20-13-4-2-3-12(18)8-13/h2-8,18H,9H2,1H3,(H,17,19). The summed E-state index contributed by atoms with van der Waals surface area (Å²) < 4.78 is 1.02. The van der Waals surface area contributed by atoms with Gasteiger partial charge in [0.05, 0.1) is 5.75 Å². The Morgan fingerprint density at radius 1 is 1.30 bits per heavy atom. The number of carbonyl (C=O) groups excluding carboxylic acids is 1. The predicted octanol–water partition coefficient (Wildman–Crippen LogP) is 4.19. The lowest BCUT2D eigenvalue weighted by Gasteiger charge is -2.07. The maximum absolute atomic E-state index is 11.9. The fourth-order valence-corrected chi connectivity index (χ4v) is 2.64. The molecule has 0 spiro atoms. The highest BCUT2D eigenvalue weighted by atomic mass is 79.9. The summed E-state index contributed by atoms with van der Waals surface area (Å²) in [5.41, 5.74) is 1.86. The van der Waals surface area contributed by atoms with Gasteiger partial charge in [0, 0.05) is 15.1 Å². The minimum Gasteiger partial charge on any atom is -0.508 e. The number of hydrogen-bond acceptors (Lipinski definition) is 3. The SMILES string of the molecule is Cc1cc(NC(=O)CSc2cccc(O)c2)ccc1Br. The van der Waals surface area contributed by atoms with Gasteiger partial charge in [-0.15, -0.1) is 11.8 Å². The van der Waals surface area contributed by atoms with Crippen molar-refractivity contribution in [1.29, 1.82) is 0 Å². The molecule has 2 N–H and O–H groups in total. The molecule has 2 aromatic rings. The number of hydrogen-bond donors (Lipinski definition) is 2. The molecular formula is C15H14BrNO2S. The van der Waals surface area contributed by atoms with Gasteiger partial charge >= 0.3 is 0 Å². The average molecular weight is 352 g/mol. The molecule has 2 rings (SSSR count). The molecule has 0 aliphatic rings. The molecule has 0 atom stereocenters. The Balaban J connectivity index is 1.91. The monoisotopic (exact) mass is 351 g/mol. The van der Waals surface area contributed by atoms with E-state index in [1.807, 2.05) is 31.2 Å². The third kappa shape index (κ3) is 4.28. The molecule has 0 saturated carbocycles. The molecule has 1 amide bonds. The summed E-state index contributed by atoms with van der Waals surface area (Å²) >= 11 is 4.81. The summed E-state index contributed by atoms with van der Waals surface area (Å²) in [7, 11) is 0. The third-order valence-electron chi connectivity index (χ3n) is 2.63. The maximum atomic E-state index is 11.9. The highest BCUT2D eigenvalue weighted by molar-refractivity contribution is 9.10. The van der Waals surface area contributed by atoms with Crippen molar-refractivity contribution in [1.82, 2.24) is 0 Å². The zero-order chi connectivity index (χ0) is 14.5. The molecular weight excluding hydrogens is 338 g/mol. The van der Waals surface area contributed by atoms with Gasteiger partial charge in [-0.05, 0) is 48.9 Å². The largest absolute Gasteiger partial charge is 0.508 e. The molecule has 0 bridgehead atoms. The minimum atomic E-state index is -0.0694. The molecule has 104 valence electrons. The highest BCUT2D eigenvalue weighted by Gasteiger charge is 2.05. The lowest BCUT2D eigenvalue weighted by molar-refractivity contribution is -0.113. The van der Waals surface area contributed by atoms with Crippen LogP contribution in [0.15, 0.2) is 51.8 Å². The van der Waals surface area contributed by atoms with Crippen molar-refractivity contribution in [2.45, 2.75) is 11.8 Å². The van der Waals surface area contributed by atoms with Gasteiger partial charge in [0.25, 0.3) is 0 Å². The fourth-order valence-electron chi connectivity index (χ4n) is 1.64. The number of aromatic hydroxyl groups is 1. The van der Waals surface area contributed by atoms with Crippen molar-refractivity contribution in [2.75, 3.05) is 11.1 Å². The van der Waals surface area contributed by atoms with Crippen molar-refractivity contribution >= 4 is 39.3 Å². The maximum Gasteiger partial charge on any atom is 0.234 e. The molecule has 2 aromatic carbocycles. The van der Waals surface area contributed by atoms with E-state index in [2.05, 4.69) is 21.2 Å². The lowest BCUT2D eigenvalue weighted by Crippen LogP contribution is -2.14. The zero-order valence-corrected chi connectivity index (χ0v) is 13.3. The normalized spacial score (nSPS) is 10.3. The predicted molar refractivity (Wildman–Crippen MR) is 86.3 cm³/mol. The second kappa shape index (κ2) is 6.81. The molecule has 3 nitrogen and oxygen atoms in total. The number of thioether (sulfide) groups is 1. The molecule has 0 aliphatic carbocycles. The van der Waals surface area contributed by atoms with E-state index in [4.69, 9.17) is 0 Å². The van der Waals surface area contributed by atoms with Gasteiger partial charge in [-0.2, -0.15) is 0 Å². The van der Waals surface area contributed by atoms with Crippen LogP contribution in [0.3, 0.4) is 0 Å². The van der Waals surface area contributed by atoms with E-state index < -0.39 is 0 Å². The van der Waals surface area contributed by atoms with E-state index in [1.165, 1.54) is 11.8 Å². The van der Waals surface area contributed by atoms with Crippen LogP contribution in [-0.2, 0) is 4.79 Å². The molecule has 0 unspecified atom stereocenters. The van der Waals surface area contributed by atoms with E-state index in [0.29, 0.717) is 5.75 Å². The molecule has 0 saturated heterocycles. The van der Waals surface area contributed by atoms with Gasteiger partial charge in [0.2, 0.25) is 5.91 Å². The second-order valence-corrected chi connectivity index (χ2v) is 6.20. The Bertz CT molecular complexity index is 631. The Labute approximate surface area is 130 Å². The van der Waals surface area contributed by atoms with Crippen LogP contribution in [0, 0.1) is 6.92 Å². The minimum absolute atomic E-state index is 0.0694. The zero-order valence-electron chi connectivity index (χ0n) is 10.9. The summed E-state index contributed by atoms with van der Waals surface area (Å²) in [6, 6.07) is 12.5. The van der Waals surface area contributed by atoms with E-state index in [0.717, 1.165) is 20.6 Å². The van der Waals surface area contributed by atoms with Gasteiger partial charge in [0.15, 0.2) is 0 Å². The number of carbonyl (C=O) groups is 1. The quantitative estimate of drug-likeness (QED) is 0.811. The molecule has 5 heteroatoms. The number of nitrogens with one attached hydrogen (secondary N) is 1. The van der Waals surface area contributed by atoms with E-state index in [1.54, 1.807) is 18.2 Å². The van der Waals surface area contributed by atoms with E-state index in [9.17, 15) is 9.90 Å². The van der Waals surface area contributed by atoms with E-state index >= 15 is 0 Å². The van der Waals surface area contributed by atoms with Crippen LogP contribution < -0.4 is 5.32 Å². The van der Waals surface area contributed by atoms with Gasteiger partial charge in [0.1, 0.15) is 5.75 Å². The molecule has 0 heterocycles. The van der Waals surface area contributed by atoms with Crippen molar-refractivity contribution in [3.05, 3.63) is 52.5 Å². The summed E-state index contributed by atoms with van der Waals surface area (Å²) in [4.78, 5) is 12.7. The molecule has 0 radical (unpaired) electrons. The number of halogens is 1. The first-order valence-electron chi connectivity index (χ1n) is 6.02. The average Bonchev–Trinajstić information content (AvgIpc) is 2.41. The molecule has 0 fully saturated rings. The first-order chi connectivity index (χ1) is 9.54. The number of rotatable bonds is 4. The Kier molecular flexibility index (Phi) is 5.09. The number of amides is 1. The van der Waals surface area contributed by atoms with Crippen molar-refractivity contribution in [3.63, 3.8) is 0 Å². The summed E-state index contributed by atoms with van der Waals surface area (Å²) in [6.07, 6.45) is 0. The first kappa shape index (κ1) is 14.9. The number of aryl methyl sites for hydroxylation is 1. The molecule has 0 aromatic heterocycles. The topological polar surface area (TPSA) is 49.3 Å². The number of phenols is 1. The first-order valence-corrected chi connectivity index (χ1v) is 7.80. The number of benzene rings is 2. The van der Waals surface area contributed by atoms with Crippen LogP contribution in [0.2, 0.25) is 0 Å². The Morgan fingerprint density at radius 2 is 2.10 bits per heavy atom. The summed E-state index contributed by atoms with van der Waals surface area (Å²) in [5, 5.41) is 12.2. The molecule has 20 heavy (non-hydrogen) atoms. The highest BCUT2D eigenvalue weighted by Crippen LogP contribution is 2.23.